The Morgan fingerprint density at radius 3 is 2.20 bits per heavy atom. The summed E-state index contributed by atoms with van der Waals surface area (Å²) in [5, 5.41) is 10.6. The van der Waals surface area contributed by atoms with Gasteiger partial charge in [-0.2, -0.15) is 0 Å². The van der Waals surface area contributed by atoms with Gasteiger partial charge in [0.15, 0.2) is 29.3 Å². The van der Waals surface area contributed by atoms with Gasteiger partial charge >= 0.3 is 5.97 Å². The van der Waals surface area contributed by atoms with E-state index in [1.807, 2.05) is 24.3 Å². The number of benzene rings is 2. The van der Waals surface area contributed by atoms with Gasteiger partial charge in [0.2, 0.25) is 18.3 Å². The molecule has 0 saturated carbocycles. The fourth-order valence-corrected chi connectivity index (χ4v) is 4.73. The Balaban J connectivity index is 1.88. The molecule has 4 unspecified atom stereocenters. The minimum absolute atomic E-state index is 0.00375. The molecule has 10 nitrogen and oxygen atoms in total. The van der Waals surface area contributed by atoms with Crippen LogP contribution in [-0.4, -0.2) is 65.8 Å². The van der Waals surface area contributed by atoms with Crippen molar-refractivity contribution >= 4 is 5.97 Å². The Labute approximate surface area is 203 Å². The number of ether oxygens (including phenoxy) is 8. The lowest BCUT2D eigenvalue weighted by atomic mass is 9.75. The average Bonchev–Trinajstić information content (AvgIpc) is 3.48. The maximum atomic E-state index is 11.5. The Morgan fingerprint density at radius 2 is 1.60 bits per heavy atom. The van der Waals surface area contributed by atoms with Crippen LogP contribution in [0, 0.1) is 11.8 Å². The molecule has 190 valence electrons. The predicted molar refractivity (Wildman–Crippen MR) is 123 cm³/mol. The van der Waals surface area contributed by atoms with E-state index in [2.05, 4.69) is 0 Å². The van der Waals surface area contributed by atoms with E-state index < -0.39 is 18.2 Å². The SMILES string of the molecule is COc1cc(C(c2cc(OC)c3c(c2)OCO3)C2COC(O)C2COC(C)=O)cc(OC)c1OC. The highest BCUT2D eigenvalue weighted by Gasteiger charge is 2.43. The first-order chi connectivity index (χ1) is 16.9. The predicted octanol–water partition coefficient (Wildman–Crippen LogP) is 2.73. The highest BCUT2D eigenvalue weighted by molar-refractivity contribution is 5.66. The Morgan fingerprint density at radius 1 is 0.971 bits per heavy atom. The molecule has 35 heavy (non-hydrogen) atoms. The van der Waals surface area contributed by atoms with Gasteiger partial charge in [0.1, 0.15) is 0 Å². The van der Waals surface area contributed by atoms with Crippen LogP contribution in [0.4, 0.5) is 0 Å². The van der Waals surface area contributed by atoms with Crippen molar-refractivity contribution in [1.82, 2.24) is 0 Å². The third-order valence-corrected chi connectivity index (χ3v) is 6.37. The zero-order valence-electron chi connectivity index (χ0n) is 20.4. The highest BCUT2D eigenvalue weighted by atomic mass is 16.7. The summed E-state index contributed by atoms with van der Waals surface area (Å²) < 4.78 is 44.4. The van der Waals surface area contributed by atoms with E-state index in [9.17, 15) is 9.90 Å². The van der Waals surface area contributed by atoms with Gasteiger partial charge in [-0.25, -0.2) is 0 Å². The van der Waals surface area contributed by atoms with E-state index in [-0.39, 0.29) is 31.8 Å². The first-order valence-electron chi connectivity index (χ1n) is 11.1. The van der Waals surface area contributed by atoms with Gasteiger partial charge in [-0.15, -0.1) is 0 Å². The van der Waals surface area contributed by atoms with Gasteiger partial charge in [0.25, 0.3) is 0 Å². The van der Waals surface area contributed by atoms with E-state index in [1.54, 1.807) is 21.3 Å². The molecule has 1 fully saturated rings. The molecular weight excluding hydrogens is 460 g/mol. The number of aliphatic hydroxyl groups is 1. The van der Waals surface area contributed by atoms with Crippen molar-refractivity contribution in [3.8, 4) is 34.5 Å². The summed E-state index contributed by atoms with van der Waals surface area (Å²) in [5.41, 5.74) is 1.65. The molecule has 0 spiro atoms. The Bertz CT molecular complexity index is 1040. The summed E-state index contributed by atoms with van der Waals surface area (Å²) in [6, 6.07) is 7.47. The number of carbonyl (C=O) groups is 1. The third-order valence-electron chi connectivity index (χ3n) is 6.37. The van der Waals surface area contributed by atoms with E-state index in [1.165, 1.54) is 14.0 Å². The van der Waals surface area contributed by atoms with E-state index in [0.717, 1.165) is 11.1 Å². The van der Waals surface area contributed by atoms with Crippen LogP contribution < -0.4 is 28.4 Å². The molecule has 2 aromatic carbocycles. The molecule has 0 radical (unpaired) electrons. The quantitative estimate of drug-likeness (QED) is 0.527. The van der Waals surface area contributed by atoms with Gasteiger partial charge in [-0.05, 0) is 35.4 Å². The highest BCUT2D eigenvalue weighted by Crippen LogP contribution is 2.50. The minimum atomic E-state index is -1.10. The zero-order valence-corrected chi connectivity index (χ0v) is 20.4. The van der Waals surface area contributed by atoms with Crippen LogP contribution in [0.3, 0.4) is 0 Å². The molecule has 2 aliphatic heterocycles. The number of hydrogen-bond acceptors (Lipinski definition) is 10. The molecule has 0 bridgehead atoms. The number of fused-ring (bicyclic) bond motifs is 1. The van der Waals surface area contributed by atoms with Crippen LogP contribution in [0.2, 0.25) is 0 Å². The fourth-order valence-electron chi connectivity index (χ4n) is 4.73. The van der Waals surface area contributed by atoms with Crippen molar-refractivity contribution in [3.05, 3.63) is 35.4 Å². The summed E-state index contributed by atoms with van der Waals surface area (Å²) >= 11 is 0. The minimum Gasteiger partial charge on any atom is -0.493 e. The first-order valence-corrected chi connectivity index (χ1v) is 11.1. The smallest absolute Gasteiger partial charge is 0.302 e. The number of hydrogen-bond donors (Lipinski definition) is 1. The average molecular weight is 491 g/mol. The van der Waals surface area contributed by atoms with Crippen molar-refractivity contribution in [2.45, 2.75) is 19.1 Å². The lowest BCUT2D eigenvalue weighted by Gasteiger charge is -2.30. The number of esters is 1. The maximum absolute atomic E-state index is 11.5. The molecule has 0 aliphatic carbocycles. The van der Waals surface area contributed by atoms with E-state index in [0.29, 0.717) is 34.5 Å². The second-order valence-corrected chi connectivity index (χ2v) is 8.25. The monoisotopic (exact) mass is 490 g/mol. The van der Waals surface area contributed by atoms with Crippen LogP contribution >= 0.6 is 0 Å². The molecule has 4 rings (SSSR count). The molecule has 0 aromatic heterocycles. The maximum Gasteiger partial charge on any atom is 0.302 e. The largest absolute Gasteiger partial charge is 0.493 e. The lowest BCUT2D eigenvalue weighted by Crippen LogP contribution is -2.30. The fraction of sp³-hybridized carbons (Fsp3) is 0.480. The zero-order chi connectivity index (χ0) is 25.1. The number of methoxy groups -OCH3 is 4. The van der Waals surface area contributed by atoms with Crippen molar-refractivity contribution in [1.29, 1.82) is 0 Å². The number of rotatable bonds is 9. The lowest BCUT2D eigenvalue weighted by molar-refractivity contribution is -0.147. The first kappa shape index (κ1) is 24.7. The van der Waals surface area contributed by atoms with Crippen LogP contribution in [0.15, 0.2) is 24.3 Å². The number of carbonyl (C=O) groups excluding carboxylic acids is 1. The van der Waals surface area contributed by atoms with E-state index in [4.69, 9.17) is 37.9 Å². The van der Waals surface area contributed by atoms with Gasteiger partial charge < -0.3 is 43.0 Å². The van der Waals surface area contributed by atoms with E-state index >= 15 is 0 Å². The molecule has 0 amide bonds. The Kier molecular flexibility index (Phi) is 7.42. The topological polar surface area (TPSA) is 111 Å². The Hall–Kier alpha value is -3.37. The number of aliphatic hydroxyl groups excluding tert-OH is 1. The van der Waals surface area contributed by atoms with Gasteiger partial charge in [-0.1, -0.05) is 0 Å². The van der Waals surface area contributed by atoms with Gasteiger partial charge in [0, 0.05) is 24.7 Å². The van der Waals surface area contributed by atoms with Gasteiger partial charge in [0.05, 0.1) is 41.7 Å². The van der Waals surface area contributed by atoms with Crippen LogP contribution in [0.25, 0.3) is 0 Å². The molecule has 2 heterocycles. The summed E-state index contributed by atoms with van der Waals surface area (Å²) in [5.74, 6) is 1.46. The molecule has 2 aromatic rings. The third kappa shape index (κ3) is 4.76. The van der Waals surface area contributed by atoms with Crippen molar-refractivity contribution < 1.29 is 47.8 Å². The van der Waals surface area contributed by atoms with Crippen LogP contribution in [-0.2, 0) is 14.3 Å². The molecule has 1 saturated heterocycles. The van der Waals surface area contributed by atoms with Gasteiger partial charge in [-0.3, -0.25) is 4.79 Å². The van der Waals surface area contributed by atoms with Crippen molar-refractivity contribution in [2.75, 3.05) is 48.4 Å². The molecule has 2 aliphatic rings. The molecule has 1 N–H and O–H groups in total. The van der Waals surface area contributed by atoms with Crippen molar-refractivity contribution in [3.63, 3.8) is 0 Å². The summed E-state index contributed by atoms with van der Waals surface area (Å²) in [6.45, 7) is 1.65. The second kappa shape index (κ2) is 10.5. The molecular formula is C25H30O10. The summed E-state index contributed by atoms with van der Waals surface area (Å²) in [7, 11) is 6.19. The summed E-state index contributed by atoms with van der Waals surface area (Å²) in [6.07, 6.45) is -1.10. The molecule has 10 heteroatoms. The van der Waals surface area contributed by atoms with Crippen molar-refractivity contribution in [2.24, 2.45) is 11.8 Å². The summed E-state index contributed by atoms with van der Waals surface area (Å²) in [4.78, 5) is 11.5. The standard InChI is InChI=1S/C25H30O10/c1-13(26)32-11-17-16(10-33-25(17)27)22(14-6-18(28-2)23(31-5)19(7-14)29-3)15-8-20(30-4)24-21(9-15)34-12-35-24/h6-9,16-17,22,25,27H,10-12H2,1-5H3. The van der Waals surface area contributed by atoms with Crippen LogP contribution in [0.5, 0.6) is 34.5 Å². The second-order valence-electron chi connectivity index (χ2n) is 8.25. The normalized spacial score (nSPS) is 21.4. The van der Waals surface area contributed by atoms with Crippen LogP contribution in [0.1, 0.15) is 24.0 Å². The molecule has 4 atom stereocenters.